The molecule has 4 heteroatoms. The first kappa shape index (κ1) is 14.5. The van der Waals surface area contributed by atoms with Gasteiger partial charge >= 0.3 is 0 Å². The average molecular weight is 303 g/mol. The minimum atomic E-state index is -0.310. The Morgan fingerprint density at radius 3 is 3.05 bits per heavy atom. The number of aromatic nitrogens is 1. The quantitative estimate of drug-likeness (QED) is 0.919. The van der Waals surface area contributed by atoms with E-state index in [4.69, 9.17) is 4.74 Å². The topological polar surface area (TPSA) is 42.4 Å². The van der Waals surface area contributed by atoms with Gasteiger partial charge in [0.1, 0.15) is 12.4 Å². The summed E-state index contributed by atoms with van der Waals surface area (Å²) in [5, 5.41) is 13.2. The number of ether oxygens (including phenoxy) is 1. The molecular weight excluding hydrogens is 282 g/mol. The molecule has 0 amide bonds. The van der Waals surface area contributed by atoms with E-state index in [0.717, 1.165) is 41.3 Å². The minimum Gasteiger partial charge on any atom is -0.487 e. The predicted octanol–water partition coefficient (Wildman–Crippen LogP) is 4.22. The fraction of sp³-hybridized carbons (Fsp3) is 0.471. The normalized spacial score (nSPS) is 17.8. The van der Waals surface area contributed by atoms with E-state index in [9.17, 15) is 5.11 Å². The third-order valence-corrected chi connectivity index (χ3v) is 5.04. The second-order valence-corrected chi connectivity index (χ2v) is 6.78. The molecule has 0 fully saturated rings. The van der Waals surface area contributed by atoms with Gasteiger partial charge in [-0.05, 0) is 42.5 Å². The van der Waals surface area contributed by atoms with Gasteiger partial charge in [-0.25, -0.2) is 4.98 Å². The summed E-state index contributed by atoms with van der Waals surface area (Å²) in [7, 11) is 0. The Labute approximate surface area is 129 Å². The number of benzene rings is 1. The van der Waals surface area contributed by atoms with Crippen LogP contribution in [0.4, 0.5) is 0 Å². The average Bonchev–Trinajstić information content (AvgIpc) is 2.94. The molecule has 0 saturated carbocycles. The van der Waals surface area contributed by atoms with E-state index in [1.807, 2.05) is 12.1 Å². The molecule has 0 bridgehead atoms. The van der Waals surface area contributed by atoms with E-state index in [1.54, 1.807) is 11.3 Å². The molecule has 2 aromatic rings. The molecule has 1 unspecified atom stereocenters. The summed E-state index contributed by atoms with van der Waals surface area (Å²) in [5.41, 5.74) is 3.26. The van der Waals surface area contributed by atoms with Crippen LogP contribution >= 0.6 is 11.3 Å². The van der Waals surface area contributed by atoms with Crippen LogP contribution in [0.25, 0.3) is 0 Å². The van der Waals surface area contributed by atoms with E-state index in [2.05, 4.69) is 30.3 Å². The van der Waals surface area contributed by atoms with Crippen LogP contribution in [0.5, 0.6) is 5.75 Å². The molecule has 1 aliphatic carbocycles. The van der Waals surface area contributed by atoms with E-state index in [0.29, 0.717) is 12.5 Å². The van der Waals surface area contributed by atoms with Crippen LogP contribution in [0, 0.1) is 0 Å². The maximum Gasteiger partial charge on any atom is 0.131 e. The number of thiazole rings is 1. The summed E-state index contributed by atoms with van der Waals surface area (Å²) in [6, 6.07) is 6.01. The monoisotopic (exact) mass is 303 g/mol. The first-order valence-corrected chi connectivity index (χ1v) is 8.39. The highest BCUT2D eigenvalue weighted by molar-refractivity contribution is 7.09. The number of hydrogen-bond acceptors (Lipinski definition) is 4. The van der Waals surface area contributed by atoms with Crippen LogP contribution in [-0.4, -0.2) is 10.1 Å². The SMILES string of the molecule is CC(C)c1nc(COc2ccc3c(c2)CCCC3O)cs1. The zero-order valence-corrected chi connectivity index (χ0v) is 13.3. The Hall–Kier alpha value is -1.39. The van der Waals surface area contributed by atoms with Crippen LogP contribution in [-0.2, 0) is 13.0 Å². The van der Waals surface area contributed by atoms with E-state index in [-0.39, 0.29) is 6.10 Å². The van der Waals surface area contributed by atoms with Gasteiger partial charge in [-0.3, -0.25) is 0 Å². The summed E-state index contributed by atoms with van der Waals surface area (Å²) in [4.78, 5) is 4.58. The van der Waals surface area contributed by atoms with Gasteiger partial charge in [-0.2, -0.15) is 0 Å². The molecule has 0 spiro atoms. The Morgan fingerprint density at radius 2 is 2.29 bits per heavy atom. The number of aryl methyl sites for hydroxylation is 1. The molecule has 112 valence electrons. The zero-order valence-electron chi connectivity index (χ0n) is 12.5. The van der Waals surface area contributed by atoms with Crippen molar-refractivity contribution in [1.82, 2.24) is 4.98 Å². The van der Waals surface area contributed by atoms with Gasteiger partial charge < -0.3 is 9.84 Å². The van der Waals surface area contributed by atoms with Crippen LogP contribution in [0.2, 0.25) is 0 Å². The molecule has 0 aliphatic heterocycles. The molecule has 21 heavy (non-hydrogen) atoms. The molecule has 0 saturated heterocycles. The lowest BCUT2D eigenvalue weighted by molar-refractivity contribution is 0.156. The molecular formula is C17H21NO2S. The number of rotatable bonds is 4. The summed E-state index contributed by atoms with van der Waals surface area (Å²) in [6.45, 7) is 4.81. The molecule has 0 radical (unpaired) electrons. The number of hydrogen-bond donors (Lipinski definition) is 1. The van der Waals surface area contributed by atoms with Gasteiger partial charge in [0.25, 0.3) is 0 Å². The van der Waals surface area contributed by atoms with Crippen molar-refractivity contribution in [2.45, 2.75) is 51.7 Å². The predicted molar refractivity (Wildman–Crippen MR) is 84.9 cm³/mol. The van der Waals surface area contributed by atoms with Crippen LogP contribution in [0.3, 0.4) is 0 Å². The highest BCUT2D eigenvalue weighted by Crippen LogP contribution is 2.32. The summed E-state index contributed by atoms with van der Waals surface area (Å²) in [6.07, 6.45) is 2.62. The van der Waals surface area contributed by atoms with E-state index < -0.39 is 0 Å². The zero-order chi connectivity index (χ0) is 14.8. The van der Waals surface area contributed by atoms with Crippen molar-refractivity contribution in [1.29, 1.82) is 0 Å². The summed E-state index contributed by atoms with van der Waals surface area (Å²) in [5.74, 6) is 1.33. The third-order valence-electron chi connectivity index (χ3n) is 3.85. The van der Waals surface area contributed by atoms with Crippen molar-refractivity contribution in [2.24, 2.45) is 0 Å². The first-order valence-electron chi connectivity index (χ1n) is 7.51. The van der Waals surface area contributed by atoms with Crippen molar-refractivity contribution in [3.63, 3.8) is 0 Å². The standard InChI is InChI=1S/C17H21NO2S/c1-11(2)17-18-13(10-21-17)9-20-14-6-7-15-12(8-14)4-3-5-16(15)19/h6-8,10-11,16,19H,3-5,9H2,1-2H3. The fourth-order valence-electron chi connectivity index (χ4n) is 2.67. The number of nitrogens with zero attached hydrogens (tertiary/aromatic N) is 1. The Balaban J connectivity index is 1.67. The summed E-state index contributed by atoms with van der Waals surface area (Å²) >= 11 is 1.69. The Bertz CT molecular complexity index is 621. The van der Waals surface area contributed by atoms with Gasteiger partial charge in [0.15, 0.2) is 0 Å². The molecule has 1 aliphatic rings. The van der Waals surface area contributed by atoms with Gasteiger partial charge in [0, 0.05) is 11.3 Å². The summed E-state index contributed by atoms with van der Waals surface area (Å²) < 4.78 is 5.85. The molecule has 3 rings (SSSR count). The van der Waals surface area contributed by atoms with E-state index in [1.165, 1.54) is 5.56 Å². The van der Waals surface area contributed by atoms with Crippen molar-refractivity contribution < 1.29 is 9.84 Å². The van der Waals surface area contributed by atoms with Gasteiger partial charge in [0.2, 0.25) is 0 Å². The second-order valence-electron chi connectivity index (χ2n) is 5.89. The lowest BCUT2D eigenvalue weighted by atomic mass is 9.89. The smallest absolute Gasteiger partial charge is 0.131 e. The van der Waals surface area contributed by atoms with Crippen molar-refractivity contribution >= 4 is 11.3 Å². The fourth-order valence-corrected chi connectivity index (χ4v) is 3.49. The molecule has 1 atom stereocenters. The maximum absolute atomic E-state index is 9.97. The van der Waals surface area contributed by atoms with Crippen molar-refractivity contribution in [2.75, 3.05) is 0 Å². The lowest BCUT2D eigenvalue weighted by Crippen LogP contribution is -2.09. The maximum atomic E-state index is 9.97. The highest BCUT2D eigenvalue weighted by Gasteiger charge is 2.18. The van der Waals surface area contributed by atoms with Crippen LogP contribution < -0.4 is 4.74 Å². The first-order chi connectivity index (χ1) is 10.1. The third kappa shape index (κ3) is 3.27. The molecule has 1 N–H and O–H groups in total. The number of aliphatic hydroxyl groups is 1. The Morgan fingerprint density at radius 1 is 1.43 bits per heavy atom. The minimum absolute atomic E-state index is 0.310. The van der Waals surface area contributed by atoms with E-state index >= 15 is 0 Å². The molecule has 3 nitrogen and oxygen atoms in total. The lowest BCUT2D eigenvalue weighted by Gasteiger charge is -2.21. The van der Waals surface area contributed by atoms with Gasteiger partial charge in [-0.1, -0.05) is 19.9 Å². The van der Waals surface area contributed by atoms with Crippen molar-refractivity contribution in [3.05, 3.63) is 45.4 Å². The molecule has 1 aromatic carbocycles. The highest BCUT2D eigenvalue weighted by atomic mass is 32.1. The number of aliphatic hydroxyl groups excluding tert-OH is 1. The van der Waals surface area contributed by atoms with Gasteiger partial charge in [-0.15, -0.1) is 11.3 Å². The van der Waals surface area contributed by atoms with Crippen LogP contribution in [0.1, 0.15) is 60.5 Å². The van der Waals surface area contributed by atoms with Gasteiger partial charge in [0.05, 0.1) is 16.8 Å². The number of fused-ring (bicyclic) bond motifs is 1. The van der Waals surface area contributed by atoms with Crippen LogP contribution in [0.15, 0.2) is 23.6 Å². The largest absolute Gasteiger partial charge is 0.487 e. The molecule has 1 heterocycles. The second kappa shape index (κ2) is 6.16. The molecule has 1 aromatic heterocycles. The van der Waals surface area contributed by atoms with Crippen molar-refractivity contribution in [3.8, 4) is 5.75 Å². The Kier molecular flexibility index (Phi) is 4.27.